The first-order chi connectivity index (χ1) is 9.06. The monoisotopic (exact) mass is 341 g/mol. The number of rotatable bonds is 3. The number of nitrogens with zero attached hydrogens (tertiary/aromatic N) is 1. The number of halogens is 2. The number of oxime groups is 1. The predicted octanol–water partition coefficient (Wildman–Crippen LogP) is 4.26. The van der Waals surface area contributed by atoms with Gasteiger partial charge in [-0.3, -0.25) is 0 Å². The molecule has 6 heteroatoms. The molecule has 2 aromatic rings. The first kappa shape index (κ1) is 13.8. The molecule has 0 aliphatic rings. The SMILES string of the molecule is CC(=O)O/N=C\c1ccc(-c2ccc(Cl)cc2Br)o1. The molecule has 19 heavy (non-hydrogen) atoms. The van der Waals surface area contributed by atoms with Crippen LogP contribution in [-0.4, -0.2) is 12.2 Å². The van der Waals surface area contributed by atoms with Gasteiger partial charge < -0.3 is 9.25 Å². The predicted molar refractivity (Wildman–Crippen MR) is 76.2 cm³/mol. The zero-order chi connectivity index (χ0) is 13.8. The van der Waals surface area contributed by atoms with E-state index >= 15 is 0 Å². The van der Waals surface area contributed by atoms with E-state index < -0.39 is 5.97 Å². The maximum Gasteiger partial charge on any atom is 0.331 e. The molecule has 0 unspecified atom stereocenters. The van der Waals surface area contributed by atoms with Crippen molar-refractivity contribution in [3.8, 4) is 11.3 Å². The molecule has 0 aliphatic carbocycles. The number of hydrogen-bond donors (Lipinski definition) is 0. The number of carbonyl (C=O) groups excluding carboxylic acids is 1. The Bertz CT molecular complexity index is 637. The van der Waals surface area contributed by atoms with Crippen LogP contribution in [0.4, 0.5) is 0 Å². The van der Waals surface area contributed by atoms with E-state index in [1.54, 1.807) is 24.3 Å². The Morgan fingerprint density at radius 2 is 2.21 bits per heavy atom. The maximum atomic E-state index is 10.6. The number of hydrogen-bond acceptors (Lipinski definition) is 4. The highest BCUT2D eigenvalue weighted by Gasteiger charge is 2.08. The second kappa shape index (κ2) is 6.04. The van der Waals surface area contributed by atoms with Gasteiger partial charge in [-0.25, -0.2) is 4.79 Å². The van der Waals surface area contributed by atoms with E-state index in [-0.39, 0.29) is 0 Å². The minimum atomic E-state index is -0.483. The van der Waals surface area contributed by atoms with Crippen LogP contribution in [-0.2, 0) is 9.63 Å². The van der Waals surface area contributed by atoms with Crippen LogP contribution in [0.5, 0.6) is 0 Å². The summed E-state index contributed by atoms with van der Waals surface area (Å²) in [4.78, 5) is 15.0. The largest absolute Gasteiger partial charge is 0.455 e. The summed E-state index contributed by atoms with van der Waals surface area (Å²) in [6.45, 7) is 1.27. The van der Waals surface area contributed by atoms with Crippen molar-refractivity contribution in [2.45, 2.75) is 6.92 Å². The summed E-state index contributed by atoms with van der Waals surface area (Å²) in [6.07, 6.45) is 1.33. The molecule has 1 heterocycles. The van der Waals surface area contributed by atoms with Gasteiger partial charge in [-0.2, -0.15) is 0 Å². The number of benzene rings is 1. The molecule has 4 nitrogen and oxygen atoms in total. The molecule has 1 aromatic carbocycles. The molecule has 0 saturated carbocycles. The molecule has 0 fully saturated rings. The van der Waals surface area contributed by atoms with E-state index in [9.17, 15) is 4.79 Å². The van der Waals surface area contributed by atoms with Gasteiger partial charge >= 0.3 is 5.97 Å². The minimum Gasteiger partial charge on any atom is -0.455 e. The summed E-state index contributed by atoms with van der Waals surface area (Å²) in [5, 5.41) is 4.12. The molecule has 0 amide bonds. The summed E-state index contributed by atoms with van der Waals surface area (Å²) < 4.78 is 6.39. The minimum absolute atomic E-state index is 0.483. The fourth-order valence-corrected chi connectivity index (χ4v) is 2.29. The second-order valence-corrected chi connectivity index (χ2v) is 4.93. The van der Waals surface area contributed by atoms with Crippen LogP contribution in [0.25, 0.3) is 11.3 Å². The van der Waals surface area contributed by atoms with E-state index in [4.69, 9.17) is 16.0 Å². The third-order valence-electron chi connectivity index (χ3n) is 2.18. The molecular formula is C13H9BrClNO3. The van der Waals surface area contributed by atoms with Gasteiger partial charge in [-0.15, -0.1) is 0 Å². The smallest absolute Gasteiger partial charge is 0.331 e. The molecule has 1 aromatic heterocycles. The van der Waals surface area contributed by atoms with Crippen molar-refractivity contribution in [1.82, 2.24) is 0 Å². The Balaban J connectivity index is 2.21. The first-order valence-corrected chi connectivity index (χ1v) is 6.49. The lowest BCUT2D eigenvalue weighted by Crippen LogP contribution is -1.90. The maximum absolute atomic E-state index is 10.6. The van der Waals surface area contributed by atoms with Crippen molar-refractivity contribution in [1.29, 1.82) is 0 Å². The molecule has 0 radical (unpaired) electrons. The van der Waals surface area contributed by atoms with Crippen LogP contribution in [0, 0.1) is 0 Å². The summed E-state index contributed by atoms with van der Waals surface area (Å²) in [6, 6.07) is 8.92. The Morgan fingerprint density at radius 1 is 1.42 bits per heavy atom. The molecular weight excluding hydrogens is 334 g/mol. The molecule has 0 saturated heterocycles. The van der Waals surface area contributed by atoms with Crippen molar-refractivity contribution in [3.05, 3.63) is 45.6 Å². The molecule has 2 rings (SSSR count). The summed E-state index contributed by atoms with van der Waals surface area (Å²) in [5.41, 5.74) is 0.872. The van der Waals surface area contributed by atoms with Crippen LogP contribution >= 0.6 is 27.5 Å². The first-order valence-electron chi connectivity index (χ1n) is 5.32. The highest BCUT2D eigenvalue weighted by molar-refractivity contribution is 9.10. The highest BCUT2D eigenvalue weighted by Crippen LogP contribution is 2.31. The van der Waals surface area contributed by atoms with Gasteiger partial charge in [0.15, 0.2) is 0 Å². The van der Waals surface area contributed by atoms with E-state index in [1.165, 1.54) is 13.1 Å². The molecule has 0 bridgehead atoms. The topological polar surface area (TPSA) is 51.8 Å². The van der Waals surface area contributed by atoms with Crippen molar-refractivity contribution < 1.29 is 14.0 Å². The van der Waals surface area contributed by atoms with Gasteiger partial charge in [0.1, 0.15) is 17.7 Å². The molecule has 0 N–H and O–H groups in total. The van der Waals surface area contributed by atoms with Crippen LogP contribution < -0.4 is 0 Å². The van der Waals surface area contributed by atoms with Crippen molar-refractivity contribution in [2.75, 3.05) is 0 Å². The van der Waals surface area contributed by atoms with E-state index in [0.717, 1.165) is 10.0 Å². The van der Waals surface area contributed by atoms with Gasteiger partial charge in [0.2, 0.25) is 0 Å². The molecule has 0 spiro atoms. The summed E-state index contributed by atoms with van der Waals surface area (Å²) >= 11 is 9.29. The highest BCUT2D eigenvalue weighted by atomic mass is 79.9. The van der Waals surface area contributed by atoms with Crippen molar-refractivity contribution in [2.24, 2.45) is 5.16 Å². The van der Waals surface area contributed by atoms with Gasteiger partial charge in [0.25, 0.3) is 0 Å². The molecule has 98 valence electrons. The lowest BCUT2D eigenvalue weighted by atomic mass is 10.2. The summed E-state index contributed by atoms with van der Waals surface area (Å²) in [5.74, 6) is 0.661. The quantitative estimate of drug-likeness (QED) is 0.476. The lowest BCUT2D eigenvalue weighted by molar-refractivity contribution is -0.140. The Morgan fingerprint density at radius 3 is 2.89 bits per heavy atom. The van der Waals surface area contributed by atoms with Crippen LogP contribution in [0.3, 0.4) is 0 Å². The average Bonchev–Trinajstić information content (AvgIpc) is 2.77. The molecule has 0 aliphatic heterocycles. The van der Waals surface area contributed by atoms with Gasteiger partial charge in [-0.05, 0) is 46.3 Å². The van der Waals surface area contributed by atoms with Crippen molar-refractivity contribution in [3.63, 3.8) is 0 Å². The van der Waals surface area contributed by atoms with Crippen molar-refractivity contribution >= 4 is 39.7 Å². The Labute approximate surface area is 123 Å². The average molecular weight is 343 g/mol. The van der Waals surface area contributed by atoms with Crippen LogP contribution in [0.2, 0.25) is 5.02 Å². The fourth-order valence-electron chi connectivity index (χ4n) is 1.41. The van der Waals surface area contributed by atoms with E-state index in [0.29, 0.717) is 16.5 Å². The van der Waals surface area contributed by atoms with Gasteiger partial charge in [-0.1, -0.05) is 16.8 Å². The summed E-state index contributed by atoms with van der Waals surface area (Å²) in [7, 11) is 0. The Kier molecular flexibility index (Phi) is 4.39. The van der Waals surface area contributed by atoms with E-state index in [1.807, 2.05) is 6.07 Å². The molecule has 0 atom stereocenters. The number of furan rings is 1. The van der Waals surface area contributed by atoms with Gasteiger partial charge in [0.05, 0.1) is 0 Å². The Hall–Kier alpha value is -1.59. The lowest BCUT2D eigenvalue weighted by Gasteiger charge is -2.00. The van der Waals surface area contributed by atoms with Crippen LogP contribution in [0.15, 0.2) is 44.4 Å². The standard InChI is InChI=1S/C13H9BrClNO3/c1-8(17)19-16-7-10-3-5-13(18-10)11-4-2-9(15)6-12(11)14/h2-7H,1H3/b16-7-. The normalized spacial score (nSPS) is 10.9. The third-order valence-corrected chi connectivity index (χ3v) is 3.08. The third kappa shape index (κ3) is 3.68. The number of carbonyl (C=O) groups is 1. The second-order valence-electron chi connectivity index (χ2n) is 3.64. The van der Waals surface area contributed by atoms with E-state index in [2.05, 4.69) is 25.9 Å². The van der Waals surface area contributed by atoms with Gasteiger partial charge in [0, 0.05) is 22.0 Å². The zero-order valence-corrected chi connectivity index (χ0v) is 12.2. The fraction of sp³-hybridized carbons (Fsp3) is 0.0769. The van der Waals surface area contributed by atoms with Crippen LogP contribution in [0.1, 0.15) is 12.7 Å². The zero-order valence-electron chi connectivity index (χ0n) is 9.89.